The number of aliphatic hydroxyl groups is 2. The van der Waals surface area contributed by atoms with Crippen LogP contribution in [0, 0.1) is 0 Å². The largest absolute Gasteiger partial charge is 0.390 e. The molecule has 0 aromatic heterocycles. The highest BCUT2D eigenvalue weighted by atomic mass is 35.5. The molecule has 2 aliphatic heterocycles. The van der Waals surface area contributed by atoms with Gasteiger partial charge in [-0.1, -0.05) is 0 Å². The third kappa shape index (κ3) is 4.77. The van der Waals surface area contributed by atoms with Crippen molar-refractivity contribution in [2.24, 2.45) is 0 Å². The van der Waals surface area contributed by atoms with Gasteiger partial charge in [0.25, 0.3) is 0 Å². The highest BCUT2D eigenvalue weighted by Crippen LogP contribution is 2.00. The quantitative estimate of drug-likeness (QED) is 0.467. The number of aliphatic hydroxyl groups excluding tert-OH is 2. The molecule has 2 rings (SSSR count). The molecule has 88 valence electrons. The van der Waals surface area contributed by atoms with Gasteiger partial charge in [-0.2, -0.15) is 0 Å². The van der Waals surface area contributed by atoms with Gasteiger partial charge in [-0.15, -0.1) is 24.8 Å². The molecule has 0 aliphatic carbocycles. The van der Waals surface area contributed by atoms with E-state index in [1.54, 1.807) is 0 Å². The van der Waals surface area contributed by atoms with E-state index in [0.29, 0.717) is 12.1 Å². The van der Waals surface area contributed by atoms with Crippen molar-refractivity contribution in [2.45, 2.75) is 38.1 Å². The molecule has 0 aromatic carbocycles. The summed E-state index contributed by atoms with van der Waals surface area (Å²) in [7, 11) is 0. The normalized spacial score (nSPS) is 38.6. The summed E-state index contributed by atoms with van der Waals surface area (Å²) in [6.07, 6.45) is -0.157. The lowest BCUT2D eigenvalue weighted by Gasteiger charge is -2.30. The number of β-amino-alcohol motifs (C(OH)–C–C–N with tert-alkyl or cyclic N) is 2. The molecular weight excluding hydrogens is 227 g/mol. The Bertz CT molecular complexity index is 119. The van der Waals surface area contributed by atoms with Gasteiger partial charge in [-0.05, 0) is 13.8 Å². The molecule has 2 saturated heterocycles. The van der Waals surface area contributed by atoms with Gasteiger partial charge >= 0.3 is 0 Å². The predicted molar refractivity (Wildman–Crippen MR) is 61.4 cm³/mol. The Morgan fingerprint density at radius 2 is 1.07 bits per heavy atom. The summed E-state index contributed by atoms with van der Waals surface area (Å²) in [6, 6.07) is 0.676. The minimum Gasteiger partial charge on any atom is -0.390 e. The van der Waals surface area contributed by atoms with Crippen molar-refractivity contribution >= 4 is 24.8 Å². The van der Waals surface area contributed by atoms with E-state index in [9.17, 15) is 0 Å². The maximum atomic E-state index is 8.65. The van der Waals surface area contributed by atoms with Gasteiger partial charge in [0.2, 0.25) is 0 Å². The van der Waals surface area contributed by atoms with Gasteiger partial charge in [-0.25, -0.2) is 0 Å². The number of rotatable bonds is 0. The summed E-state index contributed by atoms with van der Waals surface area (Å²) in [4.78, 5) is 0. The van der Waals surface area contributed by atoms with Crippen molar-refractivity contribution in [3.05, 3.63) is 0 Å². The molecule has 4 unspecified atom stereocenters. The first kappa shape index (κ1) is 16.8. The zero-order valence-corrected chi connectivity index (χ0v) is 10.1. The molecule has 0 aromatic rings. The highest BCUT2D eigenvalue weighted by Gasteiger charge is 2.22. The average molecular weight is 247 g/mol. The Morgan fingerprint density at radius 1 is 0.857 bits per heavy atom. The molecule has 6 heteroatoms. The van der Waals surface area contributed by atoms with Crippen LogP contribution in [0.4, 0.5) is 0 Å². The number of nitrogens with one attached hydrogen (secondary N) is 2. The van der Waals surface area contributed by atoms with Crippen LogP contribution >= 0.6 is 24.8 Å². The zero-order valence-electron chi connectivity index (χ0n) is 8.43. The molecule has 0 saturated carbocycles. The van der Waals surface area contributed by atoms with E-state index in [4.69, 9.17) is 10.2 Å². The summed E-state index contributed by atoms with van der Waals surface area (Å²) in [5.74, 6) is 0. The minimum absolute atomic E-state index is 0. The van der Waals surface area contributed by atoms with E-state index in [-0.39, 0.29) is 37.0 Å². The number of hydrogen-bond donors (Lipinski definition) is 4. The second-order valence-electron chi connectivity index (χ2n) is 3.53. The molecule has 14 heavy (non-hydrogen) atoms. The fourth-order valence-corrected chi connectivity index (χ4v) is 0.918. The first-order valence-corrected chi connectivity index (χ1v) is 4.44. The molecule has 0 bridgehead atoms. The van der Waals surface area contributed by atoms with Gasteiger partial charge in [0.15, 0.2) is 0 Å². The second kappa shape index (κ2) is 7.68. The van der Waals surface area contributed by atoms with Crippen molar-refractivity contribution < 1.29 is 10.2 Å². The Morgan fingerprint density at radius 3 is 1.07 bits per heavy atom. The second-order valence-corrected chi connectivity index (χ2v) is 3.53. The van der Waals surface area contributed by atoms with Crippen molar-refractivity contribution in [3.8, 4) is 0 Å². The van der Waals surface area contributed by atoms with Crippen molar-refractivity contribution in [1.29, 1.82) is 0 Å². The molecule has 0 amide bonds. The van der Waals surface area contributed by atoms with Crippen LogP contribution in [0.1, 0.15) is 13.8 Å². The van der Waals surface area contributed by atoms with E-state index in [1.807, 2.05) is 13.8 Å². The van der Waals surface area contributed by atoms with Gasteiger partial charge < -0.3 is 20.8 Å². The van der Waals surface area contributed by atoms with Crippen molar-refractivity contribution in [1.82, 2.24) is 10.6 Å². The summed E-state index contributed by atoms with van der Waals surface area (Å²) in [6.45, 7) is 5.49. The van der Waals surface area contributed by atoms with E-state index in [2.05, 4.69) is 10.6 Å². The summed E-state index contributed by atoms with van der Waals surface area (Å²) >= 11 is 0. The Labute approximate surface area is 97.3 Å². The summed E-state index contributed by atoms with van der Waals surface area (Å²) in [5, 5.41) is 23.3. The molecule has 2 aliphatic rings. The van der Waals surface area contributed by atoms with Crippen LogP contribution in [0.3, 0.4) is 0 Å². The van der Waals surface area contributed by atoms with Crippen LogP contribution in [0.15, 0.2) is 0 Å². The highest BCUT2D eigenvalue weighted by molar-refractivity contribution is 5.85. The van der Waals surface area contributed by atoms with Crippen LogP contribution in [-0.4, -0.2) is 47.6 Å². The fraction of sp³-hybridized carbons (Fsp3) is 1.00. The molecule has 2 fully saturated rings. The molecule has 4 N–H and O–H groups in total. The van der Waals surface area contributed by atoms with Crippen molar-refractivity contribution in [3.63, 3.8) is 0 Å². The van der Waals surface area contributed by atoms with Gasteiger partial charge in [0, 0.05) is 25.2 Å². The SMILES string of the molecule is CC1NCC1O.CC1NCC1O.Cl.Cl. The van der Waals surface area contributed by atoms with Crippen molar-refractivity contribution in [2.75, 3.05) is 13.1 Å². The van der Waals surface area contributed by atoms with Crippen LogP contribution in [0.25, 0.3) is 0 Å². The van der Waals surface area contributed by atoms with Gasteiger partial charge in [0.05, 0.1) is 12.2 Å². The molecule has 0 radical (unpaired) electrons. The third-order valence-electron chi connectivity index (χ3n) is 2.45. The predicted octanol–water partition coefficient (Wildman–Crippen LogP) is -0.478. The Kier molecular flexibility index (Phi) is 9.23. The fourth-order valence-electron chi connectivity index (χ4n) is 0.918. The lowest BCUT2D eigenvalue weighted by Crippen LogP contribution is -2.55. The lowest BCUT2D eigenvalue weighted by molar-refractivity contribution is 0.0703. The molecule has 4 nitrogen and oxygen atoms in total. The zero-order chi connectivity index (χ0) is 9.14. The monoisotopic (exact) mass is 246 g/mol. The topological polar surface area (TPSA) is 64.5 Å². The van der Waals surface area contributed by atoms with E-state index in [1.165, 1.54) is 0 Å². The van der Waals surface area contributed by atoms with Gasteiger partial charge in [-0.3, -0.25) is 0 Å². The number of halogens is 2. The van der Waals surface area contributed by atoms with E-state index in [0.717, 1.165) is 13.1 Å². The average Bonchev–Trinajstić information content (AvgIpc) is 2.12. The van der Waals surface area contributed by atoms with Crippen LogP contribution in [0.2, 0.25) is 0 Å². The maximum Gasteiger partial charge on any atom is 0.0814 e. The molecular formula is C8H20Cl2N2O2. The lowest BCUT2D eigenvalue weighted by atomic mass is 10.1. The minimum atomic E-state index is -0.0787. The standard InChI is InChI=1S/2C4H9NO.2ClH/c2*1-3-4(6)2-5-3;;/h2*3-6H,2H2,1H3;2*1H. The first-order chi connectivity index (χ1) is 5.61. The third-order valence-corrected chi connectivity index (χ3v) is 2.45. The van der Waals surface area contributed by atoms with E-state index >= 15 is 0 Å². The van der Waals surface area contributed by atoms with Crippen LogP contribution in [0.5, 0.6) is 0 Å². The summed E-state index contributed by atoms with van der Waals surface area (Å²) < 4.78 is 0. The van der Waals surface area contributed by atoms with Gasteiger partial charge in [0.1, 0.15) is 0 Å². The van der Waals surface area contributed by atoms with E-state index < -0.39 is 0 Å². The number of hydrogen-bond acceptors (Lipinski definition) is 4. The Hall–Kier alpha value is 0.420. The maximum absolute atomic E-state index is 8.65. The summed E-state index contributed by atoms with van der Waals surface area (Å²) in [5.41, 5.74) is 0. The van der Waals surface area contributed by atoms with Crippen LogP contribution < -0.4 is 10.6 Å². The molecule has 2 heterocycles. The first-order valence-electron chi connectivity index (χ1n) is 4.44. The van der Waals surface area contributed by atoms with Crippen LogP contribution in [-0.2, 0) is 0 Å². The molecule has 0 spiro atoms. The molecule has 4 atom stereocenters. The Balaban J connectivity index is 0. The smallest absolute Gasteiger partial charge is 0.0814 e.